The highest BCUT2D eigenvalue weighted by Gasteiger charge is 2.34. The topological polar surface area (TPSA) is 29.5 Å². The maximum atomic E-state index is 15.5. The fourth-order valence-electron chi connectivity index (χ4n) is 3.78. The van der Waals surface area contributed by atoms with Crippen molar-refractivity contribution in [3.05, 3.63) is 108 Å². The van der Waals surface area contributed by atoms with Gasteiger partial charge in [-0.3, -0.25) is 4.90 Å². The van der Waals surface area contributed by atoms with Gasteiger partial charge in [0.15, 0.2) is 0 Å². The Labute approximate surface area is 184 Å². The predicted octanol–water partition coefficient (Wildman–Crippen LogP) is 5.59. The number of rotatable bonds is 11. The van der Waals surface area contributed by atoms with Crippen LogP contribution in [0.4, 0.5) is 4.39 Å². The molecule has 0 saturated carbocycles. The lowest BCUT2D eigenvalue weighted by molar-refractivity contribution is -0.152. The quantitative estimate of drug-likeness (QED) is 0.379. The van der Waals surface area contributed by atoms with E-state index in [1.54, 1.807) is 6.92 Å². The van der Waals surface area contributed by atoms with Gasteiger partial charge in [-0.05, 0) is 36.5 Å². The van der Waals surface area contributed by atoms with Gasteiger partial charge in [0.25, 0.3) is 0 Å². The summed E-state index contributed by atoms with van der Waals surface area (Å²) >= 11 is 0. The van der Waals surface area contributed by atoms with Gasteiger partial charge in [-0.1, -0.05) is 91.0 Å². The smallest absolute Gasteiger partial charge is 0.342 e. The van der Waals surface area contributed by atoms with E-state index >= 15 is 4.39 Å². The van der Waals surface area contributed by atoms with E-state index in [-0.39, 0.29) is 6.61 Å². The summed E-state index contributed by atoms with van der Waals surface area (Å²) in [4.78, 5) is 14.4. The van der Waals surface area contributed by atoms with Crippen molar-refractivity contribution in [2.75, 3.05) is 6.61 Å². The van der Waals surface area contributed by atoms with Crippen LogP contribution in [0.15, 0.2) is 91.0 Å². The average molecular weight is 420 g/mol. The molecule has 0 fully saturated rings. The Kier molecular flexibility index (Phi) is 8.80. The van der Waals surface area contributed by atoms with Gasteiger partial charge >= 0.3 is 5.97 Å². The predicted molar refractivity (Wildman–Crippen MR) is 122 cm³/mol. The molecule has 0 aliphatic carbocycles. The van der Waals surface area contributed by atoms with Crippen molar-refractivity contribution in [1.82, 2.24) is 4.90 Å². The highest BCUT2D eigenvalue weighted by Crippen LogP contribution is 2.22. The Morgan fingerprint density at radius 2 is 1.26 bits per heavy atom. The van der Waals surface area contributed by atoms with Crippen LogP contribution < -0.4 is 0 Å². The minimum Gasteiger partial charge on any atom is -0.464 e. The third-order valence-corrected chi connectivity index (χ3v) is 5.35. The number of benzene rings is 3. The molecule has 0 saturated heterocycles. The van der Waals surface area contributed by atoms with E-state index in [0.717, 1.165) is 16.7 Å². The van der Waals surface area contributed by atoms with Crippen LogP contribution in [0.25, 0.3) is 0 Å². The second-order valence-electron chi connectivity index (χ2n) is 7.62. The molecule has 0 bridgehead atoms. The molecule has 0 amide bonds. The van der Waals surface area contributed by atoms with E-state index in [2.05, 4.69) is 4.90 Å². The molecule has 0 aromatic heterocycles. The average Bonchev–Trinajstić information content (AvgIpc) is 2.81. The van der Waals surface area contributed by atoms with Crippen molar-refractivity contribution < 1.29 is 13.9 Å². The minimum atomic E-state index is -1.71. The summed E-state index contributed by atoms with van der Waals surface area (Å²) in [5.41, 5.74) is 3.29. The van der Waals surface area contributed by atoms with Crippen molar-refractivity contribution in [1.29, 1.82) is 0 Å². The molecule has 31 heavy (non-hydrogen) atoms. The van der Waals surface area contributed by atoms with Crippen LogP contribution in [-0.2, 0) is 29.0 Å². The monoisotopic (exact) mass is 419 g/mol. The van der Waals surface area contributed by atoms with E-state index in [9.17, 15) is 4.79 Å². The minimum absolute atomic E-state index is 0.169. The molecule has 3 aromatic carbocycles. The van der Waals surface area contributed by atoms with E-state index in [0.29, 0.717) is 25.9 Å². The Balaban J connectivity index is 1.88. The Hall–Kier alpha value is -2.98. The fourth-order valence-corrected chi connectivity index (χ4v) is 3.78. The number of hydrogen-bond acceptors (Lipinski definition) is 3. The van der Waals surface area contributed by atoms with Crippen molar-refractivity contribution in [3.63, 3.8) is 0 Å². The molecule has 2 unspecified atom stereocenters. The molecule has 0 aliphatic rings. The molecule has 4 heteroatoms. The molecule has 162 valence electrons. The molecule has 0 radical (unpaired) electrons. The molecule has 0 spiro atoms. The van der Waals surface area contributed by atoms with Crippen LogP contribution in [0, 0.1) is 0 Å². The van der Waals surface area contributed by atoms with Gasteiger partial charge in [-0.15, -0.1) is 0 Å². The summed E-state index contributed by atoms with van der Waals surface area (Å²) in [7, 11) is 0. The van der Waals surface area contributed by atoms with Crippen LogP contribution in [0.5, 0.6) is 0 Å². The third kappa shape index (κ3) is 7.04. The number of esters is 1. The van der Waals surface area contributed by atoms with Crippen molar-refractivity contribution in [2.24, 2.45) is 0 Å². The lowest BCUT2D eigenvalue weighted by Crippen LogP contribution is -2.45. The highest BCUT2D eigenvalue weighted by atomic mass is 19.1. The number of carbonyl (C=O) groups excluding carboxylic acids is 1. The summed E-state index contributed by atoms with van der Waals surface area (Å²) in [6.45, 7) is 2.97. The second-order valence-corrected chi connectivity index (χ2v) is 7.62. The number of hydrogen-bond donors (Lipinski definition) is 0. The fraction of sp³-hybridized carbons (Fsp3) is 0.296. The summed E-state index contributed by atoms with van der Waals surface area (Å²) in [6, 6.07) is 29.4. The van der Waals surface area contributed by atoms with E-state index in [4.69, 9.17) is 4.74 Å². The number of halogens is 1. The number of nitrogens with zero attached hydrogens (tertiary/aromatic N) is 1. The second kappa shape index (κ2) is 12.0. The van der Waals surface area contributed by atoms with Gasteiger partial charge in [-0.25, -0.2) is 9.18 Å². The first-order valence-corrected chi connectivity index (χ1v) is 10.8. The molecule has 3 rings (SSSR count). The van der Waals surface area contributed by atoms with Crippen LogP contribution in [0.2, 0.25) is 0 Å². The van der Waals surface area contributed by atoms with Crippen molar-refractivity contribution in [3.8, 4) is 0 Å². The normalized spacial score (nSPS) is 13.0. The van der Waals surface area contributed by atoms with Gasteiger partial charge in [0.1, 0.15) is 0 Å². The Morgan fingerprint density at radius 1 is 0.806 bits per heavy atom. The molecule has 0 heterocycles. The van der Waals surface area contributed by atoms with Gasteiger partial charge in [0.2, 0.25) is 6.17 Å². The SMILES string of the molecule is CCOC(=O)C(F)C(CCc1ccccc1)N(Cc1ccccc1)Cc1ccccc1. The van der Waals surface area contributed by atoms with Crippen LogP contribution in [0.1, 0.15) is 30.0 Å². The van der Waals surface area contributed by atoms with Crippen LogP contribution >= 0.6 is 0 Å². The Morgan fingerprint density at radius 3 is 1.71 bits per heavy atom. The largest absolute Gasteiger partial charge is 0.464 e. The number of aryl methyl sites for hydroxylation is 1. The molecule has 3 aromatic rings. The molecule has 0 aliphatic heterocycles. The molecular weight excluding hydrogens is 389 g/mol. The maximum Gasteiger partial charge on any atom is 0.342 e. The summed E-state index contributed by atoms with van der Waals surface area (Å²) < 4.78 is 20.5. The first kappa shape index (κ1) is 22.7. The van der Waals surface area contributed by atoms with Crippen molar-refractivity contribution in [2.45, 2.75) is 45.1 Å². The van der Waals surface area contributed by atoms with Gasteiger partial charge in [0.05, 0.1) is 12.6 Å². The summed E-state index contributed by atoms with van der Waals surface area (Å²) in [5, 5.41) is 0. The lowest BCUT2D eigenvalue weighted by Gasteiger charge is -2.33. The molecular formula is C27H30FNO2. The zero-order valence-electron chi connectivity index (χ0n) is 18.0. The Bertz CT molecular complexity index is 861. The zero-order valence-corrected chi connectivity index (χ0v) is 18.0. The van der Waals surface area contributed by atoms with Gasteiger partial charge in [0, 0.05) is 13.1 Å². The molecule has 0 N–H and O–H groups in total. The number of ether oxygens (including phenoxy) is 1. The number of carbonyl (C=O) groups is 1. The maximum absolute atomic E-state index is 15.5. The standard InChI is InChI=1S/C27H30FNO2/c1-2-31-27(30)26(28)25(19-18-22-12-6-3-7-13-22)29(20-23-14-8-4-9-15-23)21-24-16-10-5-11-17-24/h3-17,25-26H,2,18-21H2,1H3. The van der Waals surface area contributed by atoms with Gasteiger partial charge < -0.3 is 4.74 Å². The molecule has 3 nitrogen and oxygen atoms in total. The first-order chi connectivity index (χ1) is 15.2. The summed E-state index contributed by atoms with van der Waals surface area (Å²) in [6.07, 6.45) is -0.509. The summed E-state index contributed by atoms with van der Waals surface area (Å²) in [5.74, 6) is -0.785. The zero-order chi connectivity index (χ0) is 21.9. The van der Waals surface area contributed by atoms with Crippen LogP contribution in [0.3, 0.4) is 0 Å². The van der Waals surface area contributed by atoms with E-state index in [1.165, 1.54) is 0 Å². The highest BCUT2D eigenvalue weighted by molar-refractivity contribution is 5.75. The van der Waals surface area contributed by atoms with Crippen molar-refractivity contribution >= 4 is 5.97 Å². The first-order valence-electron chi connectivity index (χ1n) is 10.8. The molecule has 2 atom stereocenters. The van der Waals surface area contributed by atoms with E-state index in [1.807, 2.05) is 91.0 Å². The van der Waals surface area contributed by atoms with Gasteiger partial charge in [-0.2, -0.15) is 0 Å². The third-order valence-electron chi connectivity index (χ3n) is 5.35. The number of alkyl halides is 1. The van der Waals surface area contributed by atoms with Crippen LogP contribution in [-0.4, -0.2) is 29.7 Å². The van der Waals surface area contributed by atoms with E-state index < -0.39 is 18.2 Å². The lowest BCUT2D eigenvalue weighted by atomic mass is 9.98.